The SMILES string of the molecule is CCOP(=O)(OCC)C(NC(=O)OCc1ccccc1)c1cccc(Br)c1. The second-order valence-corrected chi connectivity index (χ2v) is 8.57. The van der Waals surface area contributed by atoms with Crippen molar-refractivity contribution in [2.75, 3.05) is 13.2 Å². The average Bonchev–Trinajstić information content (AvgIpc) is 2.65. The quantitative estimate of drug-likeness (QED) is 0.495. The number of halogens is 1. The fourth-order valence-corrected chi connectivity index (χ4v) is 4.74. The van der Waals surface area contributed by atoms with Crippen LogP contribution in [-0.4, -0.2) is 19.3 Å². The zero-order valence-corrected chi connectivity index (χ0v) is 17.7. The predicted molar refractivity (Wildman–Crippen MR) is 108 cm³/mol. The van der Waals surface area contributed by atoms with Crippen molar-refractivity contribution in [3.8, 4) is 0 Å². The van der Waals surface area contributed by atoms with Crippen LogP contribution < -0.4 is 5.32 Å². The molecule has 8 heteroatoms. The highest BCUT2D eigenvalue weighted by Crippen LogP contribution is 2.59. The van der Waals surface area contributed by atoms with Crippen molar-refractivity contribution < 1.29 is 23.1 Å². The van der Waals surface area contributed by atoms with Gasteiger partial charge in [-0.3, -0.25) is 4.57 Å². The van der Waals surface area contributed by atoms with Crippen molar-refractivity contribution in [2.24, 2.45) is 0 Å². The summed E-state index contributed by atoms with van der Waals surface area (Å²) in [5.41, 5.74) is 1.44. The number of hydrogen-bond acceptors (Lipinski definition) is 5. The molecule has 0 heterocycles. The third kappa shape index (κ3) is 6.47. The number of ether oxygens (including phenoxy) is 1. The van der Waals surface area contributed by atoms with E-state index in [0.717, 1.165) is 10.0 Å². The number of benzene rings is 2. The van der Waals surface area contributed by atoms with E-state index in [1.165, 1.54) is 0 Å². The summed E-state index contributed by atoms with van der Waals surface area (Å²) in [4.78, 5) is 12.4. The second kappa shape index (κ2) is 10.6. The summed E-state index contributed by atoms with van der Waals surface area (Å²) in [6.07, 6.45) is -0.705. The fraction of sp³-hybridized carbons (Fsp3) is 0.316. The minimum Gasteiger partial charge on any atom is -0.445 e. The van der Waals surface area contributed by atoms with Gasteiger partial charge in [0.15, 0.2) is 5.78 Å². The number of hydrogen-bond donors (Lipinski definition) is 1. The van der Waals surface area contributed by atoms with E-state index in [0.29, 0.717) is 5.56 Å². The van der Waals surface area contributed by atoms with Gasteiger partial charge in [-0.2, -0.15) is 0 Å². The van der Waals surface area contributed by atoms with Gasteiger partial charge in [-0.15, -0.1) is 0 Å². The summed E-state index contributed by atoms with van der Waals surface area (Å²) < 4.78 is 30.2. The van der Waals surface area contributed by atoms with Gasteiger partial charge in [0.05, 0.1) is 13.2 Å². The van der Waals surface area contributed by atoms with Crippen LogP contribution in [0.4, 0.5) is 4.79 Å². The minimum atomic E-state index is -3.65. The van der Waals surface area contributed by atoms with E-state index >= 15 is 0 Å². The molecule has 1 N–H and O–H groups in total. The molecule has 2 aromatic rings. The van der Waals surface area contributed by atoms with Crippen LogP contribution in [0.15, 0.2) is 59.1 Å². The lowest BCUT2D eigenvalue weighted by Crippen LogP contribution is -2.30. The van der Waals surface area contributed by atoms with Gasteiger partial charge in [-0.1, -0.05) is 58.4 Å². The molecule has 0 saturated carbocycles. The van der Waals surface area contributed by atoms with Gasteiger partial charge in [-0.05, 0) is 37.1 Å². The number of carbonyl (C=O) groups is 1. The second-order valence-electron chi connectivity index (χ2n) is 5.54. The first-order chi connectivity index (χ1) is 13.0. The maximum absolute atomic E-state index is 13.3. The molecule has 146 valence electrons. The summed E-state index contributed by atoms with van der Waals surface area (Å²) in [6.45, 7) is 3.91. The first-order valence-electron chi connectivity index (χ1n) is 8.60. The molecule has 0 fully saturated rings. The molecule has 0 bridgehead atoms. The van der Waals surface area contributed by atoms with Crippen LogP contribution in [0.2, 0.25) is 0 Å². The summed E-state index contributed by atoms with van der Waals surface area (Å²) in [5.74, 6) is -0.988. The van der Waals surface area contributed by atoms with Crippen molar-refractivity contribution in [1.29, 1.82) is 0 Å². The number of rotatable bonds is 9. The van der Waals surface area contributed by atoms with E-state index in [1.807, 2.05) is 36.4 Å². The van der Waals surface area contributed by atoms with Crippen LogP contribution in [0.3, 0.4) is 0 Å². The summed E-state index contributed by atoms with van der Waals surface area (Å²) >= 11 is 3.39. The predicted octanol–water partition coefficient (Wildman–Crippen LogP) is 5.64. The molecule has 1 unspecified atom stereocenters. The third-order valence-electron chi connectivity index (χ3n) is 3.57. The van der Waals surface area contributed by atoms with Gasteiger partial charge in [0.25, 0.3) is 0 Å². The van der Waals surface area contributed by atoms with Gasteiger partial charge < -0.3 is 19.1 Å². The molecular weight excluding hydrogens is 433 g/mol. The number of nitrogens with one attached hydrogen (secondary N) is 1. The maximum Gasteiger partial charge on any atom is 0.408 e. The van der Waals surface area contributed by atoms with E-state index in [4.69, 9.17) is 13.8 Å². The van der Waals surface area contributed by atoms with Gasteiger partial charge in [-0.25, -0.2) is 4.79 Å². The molecule has 0 aliphatic carbocycles. The molecule has 0 spiro atoms. The highest BCUT2D eigenvalue weighted by molar-refractivity contribution is 9.10. The zero-order valence-electron chi connectivity index (χ0n) is 15.3. The molecule has 1 atom stereocenters. The Kier molecular flexibility index (Phi) is 8.51. The minimum absolute atomic E-state index is 0.103. The summed E-state index contributed by atoms with van der Waals surface area (Å²) in [7, 11) is -3.65. The highest BCUT2D eigenvalue weighted by Gasteiger charge is 2.38. The first kappa shape index (κ1) is 21.6. The van der Waals surface area contributed by atoms with Crippen LogP contribution in [0, 0.1) is 0 Å². The van der Waals surface area contributed by atoms with E-state index in [2.05, 4.69) is 21.2 Å². The lowest BCUT2D eigenvalue weighted by molar-refractivity contribution is 0.134. The van der Waals surface area contributed by atoms with Crippen molar-refractivity contribution in [3.63, 3.8) is 0 Å². The van der Waals surface area contributed by atoms with Crippen LogP contribution in [-0.2, 0) is 25.0 Å². The van der Waals surface area contributed by atoms with E-state index in [1.54, 1.807) is 32.0 Å². The molecule has 27 heavy (non-hydrogen) atoms. The lowest BCUT2D eigenvalue weighted by Gasteiger charge is -2.27. The van der Waals surface area contributed by atoms with E-state index < -0.39 is 19.5 Å². The molecule has 0 saturated heterocycles. The van der Waals surface area contributed by atoms with Crippen LogP contribution in [0.25, 0.3) is 0 Å². The Balaban J connectivity index is 2.21. The van der Waals surface area contributed by atoms with Crippen LogP contribution in [0.1, 0.15) is 30.8 Å². The Bertz CT molecular complexity index is 777. The molecular formula is C19H23BrNO5P. The van der Waals surface area contributed by atoms with Crippen LogP contribution in [0.5, 0.6) is 0 Å². The van der Waals surface area contributed by atoms with Gasteiger partial charge in [0.1, 0.15) is 6.61 Å². The van der Waals surface area contributed by atoms with E-state index in [9.17, 15) is 9.36 Å². The maximum atomic E-state index is 13.3. The highest BCUT2D eigenvalue weighted by atomic mass is 79.9. The van der Waals surface area contributed by atoms with E-state index in [-0.39, 0.29) is 19.8 Å². The monoisotopic (exact) mass is 455 g/mol. The number of alkyl carbamates (subject to hydrolysis) is 1. The average molecular weight is 456 g/mol. The van der Waals surface area contributed by atoms with Crippen LogP contribution >= 0.6 is 23.5 Å². The lowest BCUT2D eigenvalue weighted by atomic mass is 10.2. The standard InChI is InChI=1S/C19H23BrNO5P/c1-3-25-27(23,26-4-2)18(16-11-8-12-17(20)13-16)21-19(22)24-14-15-9-6-5-7-10-15/h5-13,18H,3-4,14H2,1-2H3,(H,21,22). The van der Waals surface area contributed by atoms with Crippen molar-refractivity contribution in [3.05, 3.63) is 70.2 Å². The van der Waals surface area contributed by atoms with Gasteiger partial charge >= 0.3 is 13.7 Å². The first-order valence-corrected chi connectivity index (χ1v) is 11.0. The molecule has 0 aromatic heterocycles. The topological polar surface area (TPSA) is 73.9 Å². The number of carbonyl (C=O) groups excluding carboxylic acids is 1. The number of amides is 1. The third-order valence-corrected chi connectivity index (χ3v) is 6.36. The van der Waals surface area contributed by atoms with Gasteiger partial charge in [0.2, 0.25) is 0 Å². The van der Waals surface area contributed by atoms with Crippen molar-refractivity contribution >= 4 is 29.6 Å². The normalized spacial score (nSPS) is 12.4. The molecule has 2 rings (SSSR count). The smallest absolute Gasteiger partial charge is 0.408 e. The van der Waals surface area contributed by atoms with Crippen molar-refractivity contribution in [1.82, 2.24) is 5.32 Å². The molecule has 0 aliphatic heterocycles. The Labute approximate surface area is 167 Å². The Morgan fingerprint density at radius 1 is 1.07 bits per heavy atom. The largest absolute Gasteiger partial charge is 0.445 e. The van der Waals surface area contributed by atoms with Crippen molar-refractivity contribution in [2.45, 2.75) is 26.2 Å². The summed E-state index contributed by atoms with van der Waals surface area (Å²) in [6, 6.07) is 16.4. The fourth-order valence-electron chi connectivity index (χ4n) is 2.44. The Hall–Kier alpha value is -1.66. The molecule has 6 nitrogen and oxygen atoms in total. The Morgan fingerprint density at radius 2 is 1.74 bits per heavy atom. The van der Waals surface area contributed by atoms with Gasteiger partial charge in [0, 0.05) is 4.47 Å². The summed E-state index contributed by atoms with van der Waals surface area (Å²) in [5, 5.41) is 2.65. The Morgan fingerprint density at radius 3 is 2.33 bits per heavy atom. The molecule has 2 aromatic carbocycles. The zero-order chi connectivity index (χ0) is 19.7. The molecule has 0 radical (unpaired) electrons. The molecule has 1 amide bonds. The molecule has 0 aliphatic rings.